The van der Waals surface area contributed by atoms with Gasteiger partial charge < -0.3 is 25.6 Å². The zero-order chi connectivity index (χ0) is 13.0. The summed E-state index contributed by atoms with van der Waals surface area (Å²) < 4.78 is 10.8. The van der Waals surface area contributed by atoms with E-state index in [-0.39, 0.29) is 17.4 Å². The van der Waals surface area contributed by atoms with Gasteiger partial charge in [-0.25, -0.2) is 4.79 Å². The van der Waals surface area contributed by atoms with Gasteiger partial charge in [-0.2, -0.15) is 0 Å². The first-order valence-corrected chi connectivity index (χ1v) is 5.73. The van der Waals surface area contributed by atoms with E-state index in [2.05, 4.69) is 5.32 Å². The number of nitrogen functional groups attached to an aromatic ring is 1. The fourth-order valence-corrected chi connectivity index (χ4v) is 1.75. The van der Waals surface area contributed by atoms with Crippen molar-refractivity contribution in [2.75, 3.05) is 37.4 Å². The van der Waals surface area contributed by atoms with E-state index in [1.807, 2.05) is 0 Å². The van der Waals surface area contributed by atoms with Crippen LogP contribution >= 0.6 is 0 Å². The second-order valence-corrected chi connectivity index (χ2v) is 4.06. The van der Waals surface area contributed by atoms with E-state index in [0.717, 1.165) is 5.69 Å². The first-order valence-electron chi connectivity index (χ1n) is 5.73. The van der Waals surface area contributed by atoms with Crippen LogP contribution in [0.3, 0.4) is 0 Å². The van der Waals surface area contributed by atoms with E-state index in [4.69, 9.17) is 20.3 Å². The third kappa shape index (κ3) is 3.12. The number of benzene rings is 1. The molecule has 1 aliphatic rings. The number of anilines is 2. The van der Waals surface area contributed by atoms with Gasteiger partial charge >= 0.3 is 5.97 Å². The summed E-state index contributed by atoms with van der Waals surface area (Å²) in [5.74, 6) is -1.02. The highest BCUT2D eigenvalue weighted by molar-refractivity contribution is 5.94. The summed E-state index contributed by atoms with van der Waals surface area (Å²) in [6, 6.07) is 4.77. The Balaban J connectivity index is 1.93. The quantitative estimate of drug-likeness (QED) is 0.686. The Labute approximate surface area is 105 Å². The van der Waals surface area contributed by atoms with Crippen molar-refractivity contribution in [3.05, 3.63) is 23.8 Å². The molecule has 1 saturated heterocycles. The van der Waals surface area contributed by atoms with Gasteiger partial charge in [0.1, 0.15) is 0 Å². The molecular formula is C12H16N2O4. The Morgan fingerprint density at radius 3 is 2.94 bits per heavy atom. The van der Waals surface area contributed by atoms with Crippen molar-refractivity contribution in [3.8, 4) is 0 Å². The van der Waals surface area contributed by atoms with E-state index in [1.54, 1.807) is 12.1 Å². The fraction of sp³-hybridized carbons (Fsp3) is 0.417. The first-order chi connectivity index (χ1) is 8.66. The minimum absolute atomic E-state index is 0.0131. The molecule has 2 rings (SSSR count). The van der Waals surface area contributed by atoms with Gasteiger partial charge in [-0.05, 0) is 18.2 Å². The zero-order valence-electron chi connectivity index (χ0n) is 9.89. The molecule has 1 unspecified atom stereocenters. The number of aromatic carboxylic acids is 1. The van der Waals surface area contributed by atoms with Gasteiger partial charge in [0.25, 0.3) is 0 Å². The van der Waals surface area contributed by atoms with Gasteiger partial charge in [-0.15, -0.1) is 0 Å². The summed E-state index contributed by atoms with van der Waals surface area (Å²) in [6.45, 7) is 2.41. The van der Waals surface area contributed by atoms with Crippen LogP contribution in [0.4, 0.5) is 11.4 Å². The first kappa shape index (κ1) is 12.7. The lowest BCUT2D eigenvalue weighted by Gasteiger charge is -2.23. The highest BCUT2D eigenvalue weighted by atomic mass is 16.6. The number of rotatable bonds is 4. The monoisotopic (exact) mass is 252 g/mol. The van der Waals surface area contributed by atoms with E-state index in [0.29, 0.717) is 26.4 Å². The smallest absolute Gasteiger partial charge is 0.337 e. The van der Waals surface area contributed by atoms with Crippen molar-refractivity contribution in [2.45, 2.75) is 6.10 Å². The Morgan fingerprint density at radius 1 is 1.50 bits per heavy atom. The van der Waals surface area contributed by atoms with Crippen LogP contribution in [0.1, 0.15) is 10.4 Å². The SMILES string of the molecule is Nc1cc(NCC2COCCO2)ccc1C(=O)O. The molecule has 6 heteroatoms. The lowest BCUT2D eigenvalue weighted by Crippen LogP contribution is -2.34. The molecule has 0 saturated carbocycles. The summed E-state index contributed by atoms with van der Waals surface area (Å²) in [5, 5.41) is 12.0. The predicted molar refractivity (Wildman–Crippen MR) is 66.9 cm³/mol. The van der Waals surface area contributed by atoms with Crippen LogP contribution in [0.5, 0.6) is 0 Å². The summed E-state index contributed by atoms with van der Waals surface area (Å²) in [6.07, 6.45) is 0.0131. The number of nitrogens with one attached hydrogen (secondary N) is 1. The molecule has 1 aromatic rings. The molecule has 0 aromatic heterocycles. The summed E-state index contributed by atoms with van der Waals surface area (Å²) >= 11 is 0. The number of carboxylic acid groups (broad SMARTS) is 1. The molecule has 0 aliphatic carbocycles. The molecule has 0 amide bonds. The highest BCUT2D eigenvalue weighted by Crippen LogP contribution is 2.18. The molecule has 0 bridgehead atoms. The van der Waals surface area contributed by atoms with Crippen LogP contribution in [0.2, 0.25) is 0 Å². The minimum atomic E-state index is -1.02. The molecule has 1 heterocycles. The molecule has 18 heavy (non-hydrogen) atoms. The van der Waals surface area contributed by atoms with Gasteiger partial charge in [0, 0.05) is 17.9 Å². The normalized spacial score (nSPS) is 19.4. The van der Waals surface area contributed by atoms with Crippen molar-refractivity contribution in [3.63, 3.8) is 0 Å². The third-order valence-corrected chi connectivity index (χ3v) is 2.70. The third-order valence-electron chi connectivity index (χ3n) is 2.70. The molecule has 98 valence electrons. The fourth-order valence-electron chi connectivity index (χ4n) is 1.75. The standard InChI is InChI=1S/C12H16N2O4/c13-11-5-8(1-2-10(11)12(15)16)14-6-9-7-17-3-4-18-9/h1-2,5,9,14H,3-4,6-7,13H2,(H,15,16). The van der Waals surface area contributed by atoms with Crippen molar-refractivity contribution in [1.82, 2.24) is 0 Å². The van der Waals surface area contributed by atoms with Crippen LogP contribution < -0.4 is 11.1 Å². The Morgan fingerprint density at radius 2 is 2.33 bits per heavy atom. The average molecular weight is 252 g/mol. The molecule has 4 N–H and O–H groups in total. The Kier molecular flexibility index (Phi) is 4.01. The van der Waals surface area contributed by atoms with Crippen molar-refractivity contribution < 1.29 is 19.4 Å². The van der Waals surface area contributed by atoms with Crippen LogP contribution in [0.25, 0.3) is 0 Å². The minimum Gasteiger partial charge on any atom is -0.478 e. The van der Waals surface area contributed by atoms with Gasteiger partial charge in [0.05, 0.1) is 31.5 Å². The highest BCUT2D eigenvalue weighted by Gasteiger charge is 2.14. The van der Waals surface area contributed by atoms with Gasteiger partial charge in [0.2, 0.25) is 0 Å². The lowest BCUT2D eigenvalue weighted by molar-refractivity contribution is -0.0818. The maximum atomic E-state index is 10.8. The van der Waals surface area contributed by atoms with Crippen molar-refractivity contribution in [2.24, 2.45) is 0 Å². The molecule has 1 aromatic carbocycles. The average Bonchev–Trinajstić information content (AvgIpc) is 2.37. The van der Waals surface area contributed by atoms with Crippen molar-refractivity contribution >= 4 is 17.3 Å². The second-order valence-electron chi connectivity index (χ2n) is 4.06. The number of carbonyl (C=O) groups is 1. The Hall–Kier alpha value is -1.79. The molecule has 0 spiro atoms. The summed E-state index contributed by atoms with van der Waals surface area (Å²) in [4.78, 5) is 10.8. The molecule has 1 atom stereocenters. The van der Waals surface area contributed by atoms with Crippen LogP contribution in [-0.2, 0) is 9.47 Å². The summed E-state index contributed by atoms with van der Waals surface area (Å²) in [7, 11) is 0. The van der Waals surface area contributed by atoms with Gasteiger partial charge in [-0.3, -0.25) is 0 Å². The number of hydrogen-bond donors (Lipinski definition) is 3. The van der Waals surface area contributed by atoms with Gasteiger partial charge in [0.15, 0.2) is 0 Å². The van der Waals surface area contributed by atoms with E-state index in [9.17, 15) is 4.79 Å². The van der Waals surface area contributed by atoms with Crippen molar-refractivity contribution in [1.29, 1.82) is 0 Å². The molecular weight excluding hydrogens is 236 g/mol. The van der Waals surface area contributed by atoms with Crippen LogP contribution in [-0.4, -0.2) is 43.5 Å². The zero-order valence-corrected chi connectivity index (χ0v) is 9.89. The van der Waals surface area contributed by atoms with Crippen LogP contribution in [0.15, 0.2) is 18.2 Å². The number of hydrogen-bond acceptors (Lipinski definition) is 5. The lowest BCUT2D eigenvalue weighted by atomic mass is 10.1. The van der Waals surface area contributed by atoms with E-state index >= 15 is 0 Å². The van der Waals surface area contributed by atoms with E-state index in [1.165, 1.54) is 6.07 Å². The molecule has 1 aliphatic heterocycles. The number of carboxylic acids is 1. The number of ether oxygens (including phenoxy) is 2. The topological polar surface area (TPSA) is 93.8 Å². The summed E-state index contributed by atoms with van der Waals surface area (Å²) in [5.41, 5.74) is 6.78. The van der Waals surface area contributed by atoms with Crippen LogP contribution in [0, 0.1) is 0 Å². The largest absolute Gasteiger partial charge is 0.478 e. The molecule has 1 fully saturated rings. The number of nitrogens with two attached hydrogens (primary N) is 1. The molecule has 6 nitrogen and oxygen atoms in total. The maximum Gasteiger partial charge on any atom is 0.337 e. The van der Waals surface area contributed by atoms with E-state index < -0.39 is 5.97 Å². The van der Waals surface area contributed by atoms with Gasteiger partial charge in [-0.1, -0.05) is 0 Å². The second kappa shape index (κ2) is 5.70. The predicted octanol–water partition coefficient (Wildman–Crippen LogP) is 0.794. The Bertz CT molecular complexity index is 430. The maximum absolute atomic E-state index is 10.8. The molecule has 0 radical (unpaired) electrons.